The number of rotatable bonds is 4. The van der Waals surface area contributed by atoms with Gasteiger partial charge in [-0.15, -0.1) is 0 Å². The molecule has 138 valence electrons. The highest BCUT2D eigenvalue weighted by molar-refractivity contribution is 5.93. The van der Waals surface area contributed by atoms with Crippen molar-refractivity contribution in [3.05, 3.63) is 40.8 Å². The highest BCUT2D eigenvalue weighted by atomic mass is 16.5. The maximum absolute atomic E-state index is 12.4. The van der Waals surface area contributed by atoms with Crippen LogP contribution in [0.1, 0.15) is 72.2 Å². The first-order chi connectivity index (χ1) is 12.7. The van der Waals surface area contributed by atoms with Crippen LogP contribution < -0.4 is 5.32 Å². The van der Waals surface area contributed by atoms with Crippen LogP contribution in [-0.4, -0.2) is 27.6 Å². The molecule has 0 unspecified atom stereocenters. The van der Waals surface area contributed by atoms with E-state index in [1.807, 2.05) is 6.92 Å². The molecular weight excluding hydrogens is 332 g/mol. The van der Waals surface area contributed by atoms with E-state index in [0.717, 1.165) is 68.4 Å². The molecule has 1 atom stereocenters. The van der Waals surface area contributed by atoms with Gasteiger partial charge in [-0.1, -0.05) is 5.16 Å². The van der Waals surface area contributed by atoms with Crippen molar-refractivity contribution in [1.29, 1.82) is 0 Å². The molecule has 1 aliphatic carbocycles. The maximum Gasteiger partial charge on any atom is 0.274 e. The summed E-state index contributed by atoms with van der Waals surface area (Å²) in [4.78, 5) is 21.3. The minimum Gasteiger partial charge on any atom is -0.367 e. The highest BCUT2D eigenvalue weighted by Crippen LogP contribution is 2.32. The molecule has 1 amide bonds. The summed E-state index contributed by atoms with van der Waals surface area (Å²) in [7, 11) is 0. The molecule has 2 aromatic heterocycles. The Labute approximate surface area is 152 Å². The Morgan fingerprint density at radius 2 is 2.00 bits per heavy atom. The Hall–Kier alpha value is -2.28. The monoisotopic (exact) mass is 356 g/mol. The molecule has 1 N–H and O–H groups in total. The Morgan fingerprint density at radius 3 is 2.77 bits per heavy atom. The van der Waals surface area contributed by atoms with Crippen molar-refractivity contribution >= 4 is 5.91 Å². The van der Waals surface area contributed by atoms with Gasteiger partial charge in [0.25, 0.3) is 5.91 Å². The number of nitrogens with zero attached hydrogens (tertiary/aromatic N) is 3. The summed E-state index contributed by atoms with van der Waals surface area (Å²) < 4.78 is 11.2. The number of fused-ring (bicyclic) bond motifs is 1. The molecular formula is C19H24N4O3. The largest absolute Gasteiger partial charge is 0.367 e. The van der Waals surface area contributed by atoms with E-state index in [4.69, 9.17) is 9.26 Å². The topological polar surface area (TPSA) is 90.1 Å². The Morgan fingerprint density at radius 1 is 1.19 bits per heavy atom. The van der Waals surface area contributed by atoms with E-state index in [0.29, 0.717) is 18.1 Å². The first-order valence-corrected chi connectivity index (χ1v) is 9.37. The van der Waals surface area contributed by atoms with Crippen molar-refractivity contribution in [3.8, 4) is 0 Å². The lowest BCUT2D eigenvalue weighted by molar-refractivity contribution is -0.0760. The van der Waals surface area contributed by atoms with Gasteiger partial charge >= 0.3 is 0 Å². The standard InChI is InChI=1S/C19H24N4O3/c1-19(8-4-5-9-25-19)18-21-11-13(12-22-18)10-20-17(24)16-14-6-2-3-7-15(14)26-23-16/h11-12H,2-10H2,1H3,(H,20,24)/t19-/m0/s1. The minimum absolute atomic E-state index is 0.205. The average Bonchev–Trinajstić information content (AvgIpc) is 3.11. The molecule has 7 nitrogen and oxygen atoms in total. The lowest BCUT2D eigenvalue weighted by Crippen LogP contribution is -2.32. The fraction of sp³-hybridized carbons (Fsp3) is 0.579. The number of carbonyl (C=O) groups excluding carboxylic acids is 1. The van der Waals surface area contributed by atoms with Crippen LogP contribution in [0.15, 0.2) is 16.9 Å². The summed E-state index contributed by atoms with van der Waals surface area (Å²) in [5, 5.41) is 6.85. The van der Waals surface area contributed by atoms with Crippen LogP contribution >= 0.6 is 0 Å². The minimum atomic E-state index is -0.403. The molecule has 26 heavy (non-hydrogen) atoms. The molecule has 2 aromatic rings. The number of aromatic nitrogens is 3. The highest BCUT2D eigenvalue weighted by Gasteiger charge is 2.32. The van der Waals surface area contributed by atoms with Crippen molar-refractivity contribution in [1.82, 2.24) is 20.4 Å². The van der Waals surface area contributed by atoms with Gasteiger partial charge in [-0.3, -0.25) is 4.79 Å². The molecule has 1 aliphatic heterocycles. The van der Waals surface area contributed by atoms with E-state index in [9.17, 15) is 4.79 Å². The molecule has 0 spiro atoms. The summed E-state index contributed by atoms with van der Waals surface area (Å²) in [6.07, 6.45) is 10.5. The summed E-state index contributed by atoms with van der Waals surface area (Å²) in [5.74, 6) is 1.36. The molecule has 0 radical (unpaired) electrons. The lowest BCUT2D eigenvalue weighted by Gasteiger charge is -2.32. The molecule has 4 rings (SSSR count). The fourth-order valence-electron chi connectivity index (χ4n) is 3.66. The zero-order valence-electron chi connectivity index (χ0n) is 15.1. The molecule has 1 saturated heterocycles. The third-order valence-electron chi connectivity index (χ3n) is 5.27. The van der Waals surface area contributed by atoms with Crippen molar-refractivity contribution in [2.75, 3.05) is 6.61 Å². The summed E-state index contributed by atoms with van der Waals surface area (Å²) in [6.45, 7) is 3.15. The van der Waals surface area contributed by atoms with Crippen LogP contribution in [0.3, 0.4) is 0 Å². The van der Waals surface area contributed by atoms with Crippen molar-refractivity contribution in [3.63, 3.8) is 0 Å². The fourth-order valence-corrected chi connectivity index (χ4v) is 3.66. The van der Waals surface area contributed by atoms with Gasteiger partial charge in [0.05, 0.1) is 0 Å². The summed E-state index contributed by atoms with van der Waals surface area (Å²) >= 11 is 0. The first-order valence-electron chi connectivity index (χ1n) is 9.37. The molecule has 7 heteroatoms. The Kier molecular flexibility index (Phi) is 4.72. The number of hydrogen-bond acceptors (Lipinski definition) is 6. The molecule has 1 fully saturated rings. The van der Waals surface area contributed by atoms with E-state index in [-0.39, 0.29) is 5.91 Å². The summed E-state index contributed by atoms with van der Waals surface area (Å²) in [5.41, 5.74) is 1.82. The van der Waals surface area contributed by atoms with E-state index in [1.165, 1.54) is 0 Å². The molecule has 0 aromatic carbocycles. The van der Waals surface area contributed by atoms with Gasteiger partial charge in [0.1, 0.15) is 11.4 Å². The second kappa shape index (κ2) is 7.15. The molecule has 3 heterocycles. The predicted molar refractivity (Wildman–Crippen MR) is 93.5 cm³/mol. The number of amides is 1. The molecule has 2 aliphatic rings. The van der Waals surface area contributed by atoms with Gasteiger partial charge in [-0.25, -0.2) is 9.97 Å². The number of ether oxygens (including phenoxy) is 1. The van der Waals surface area contributed by atoms with Gasteiger partial charge < -0.3 is 14.6 Å². The third kappa shape index (κ3) is 3.35. The van der Waals surface area contributed by atoms with Crippen molar-refractivity contribution in [2.45, 2.75) is 64.0 Å². The van der Waals surface area contributed by atoms with Gasteiger partial charge in [0.2, 0.25) is 0 Å². The zero-order chi connectivity index (χ0) is 18.0. The smallest absolute Gasteiger partial charge is 0.274 e. The summed E-state index contributed by atoms with van der Waals surface area (Å²) in [6, 6.07) is 0. The Bertz CT molecular complexity index is 779. The van der Waals surface area contributed by atoms with E-state index < -0.39 is 5.60 Å². The normalized spacial score (nSPS) is 22.7. The maximum atomic E-state index is 12.4. The van der Waals surface area contributed by atoms with Crippen LogP contribution in [0.5, 0.6) is 0 Å². The van der Waals surface area contributed by atoms with Crippen LogP contribution in [0.4, 0.5) is 0 Å². The second-order valence-electron chi connectivity index (χ2n) is 7.27. The van der Waals surface area contributed by atoms with E-state index in [1.54, 1.807) is 12.4 Å². The number of carbonyl (C=O) groups is 1. The lowest BCUT2D eigenvalue weighted by atomic mass is 9.95. The zero-order valence-corrected chi connectivity index (χ0v) is 15.1. The van der Waals surface area contributed by atoms with E-state index >= 15 is 0 Å². The van der Waals surface area contributed by atoms with Crippen molar-refractivity contribution in [2.24, 2.45) is 0 Å². The van der Waals surface area contributed by atoms with E-state index in [2.05, 4.69) is 20.4 Å². The quantitative estimate of drug-likeness (QED) is 0.906. The third-order valence-corrected chi connectivity index (χ3v) is 5.27. The predicted octanol–water partition coefficient (Wildman–Crippen LogP) is 2.69. The van der Waals surface area contributed by atoms with Crippen LogP contribution in [-0.2, 0) is 29.7 Å². The number of nitrogens with one attached hydrogen (secondary N) is 1. The SMILES string of the molecule is C[C@@]1(c2ncc(CNC(=O)c3noc4c3CCCC4)cn2)CCCCO1. The Balaban J connectivity index is 1.39. The second-order valence-corrected chi connectivity index (χ2v) is 7.27. The van der Waals surface area contributed by atoms with Crippen molar-refractivity contribution < 1.29 is 14.1 Å². The van der Waals surface area contributed by atoms with Gasteiger partial charge in [-0.2, -0.15) is 0 Å². The van der Waals surface area contributed by atoms with Gasteiger partial charge in [-0.05, 0) is 45.4 Å². The molecule has 0 saturated carbocycles. The van der Waals surface area contributed by atoms with Gasteiger partial charge in [0, 0.05) is 43.1 Å². The number of hydrogen-bond donors (Lipinski definition) is 1. The van der Waals surface area contributed by atoms with Crippen LogP contribution in [0.25, 0.3) is 0 Å². The van der Waals surface area contributed by atoms with Crippen LogP contribution in [0.2, 0.25) is 0 Å². The molecule has 0 bridgehead atoms. The first kappa shape index (κ1) is 17.1. The average molecular weight is 356 g/mol. The van der Waals surface area contributed by atoms with Crippen LogP contribution in [0, 0.1) is 0 Å². The van der Waals surface area contributed by atoms with Gasteiger partial charge in [0.15, 0.2) is 11.5 Å². The number of aryl methyl sites for hydroxylation is 1.